The molecule has 2 N–H and O–H groups in total. The van der Waals surface area contributed by atoms with Gasteiger partial charge >= 0.3 is 5.69 Å². The minimum absolute atomic E-state index is 0.0495. The van der Waals surface area contributed by atoms with Gasteiger partial charge in [0.05, 0.1) is 18.8 Å². The molecule has 1 aliphatic heterocycles. The largest absolute Gasteiger partial charge is 0.394 e. The molecule has 110 valence electrons. The lowest BCUT2D eigenvalue weighted by atomic mass is 10.1. The molecule has 0 radical (unpaired) electrons. The lowest BCUT2D eigenvalue weighted by Gasteiger charge is -2.14. The van der Waals surface area contributed by atoms with Crippen LogP contribution in [0.25, 0.3) is 10.4 Å². The van der Waals surface area contributed by atoms with E-state index in [1.54, 1.807) is 5.40 Å². The molecule has 1 aromatic heterocycles. The number of rotatable bonds is 4. The zero-order valence-corrected chi connectivity index (χ0v) is 11.4. The molecule has 11 heteroatoms. The SMILES string of the molecule is N#CSc1cn(C2CC(N=[N+]=[N-])C(CO)O2)c(=O)[nH]c1=O. The fourth-order valence-corrected chi connectivity index (χ4v) is 2.45. The Labute approximate surface area is 121 Å². The summed E-state index contributed by atoms with van der Waals surface area (Å²) >= 11 is 0.616. The van der Waals surface area contributed by atoms with E-state index in [1.807, 2.05) is 0 Å². The highest BCUT2D eigenvalue weighted by Crippen LogP contribution is 2.30. The van der Waals surface area contributed by atoms with E-state index in [-0.39, 0.29) is 17.9 Å². The molecular weight excluding hydrogens is 300 g/mol. The molecule has 0 aromatic carbocycles. The topological polar surface area (TPSA) is 157 Å². The molecule has 1 fully saturated rings. The average molecular weight is 310 g/mol. The van der Waals surface area contributed by atoms with Gasteiger partial charge in [-0.2, -0.15) is 5.26 Å². The monoisotopic (exact) mass is 310 g/mol. The Balaban J connectivity index is 2.37. The van der Waals surface area contributed by atoms with E-state index < -0.39 is 29.6 Å². The van der Waals surface area contributed by atoms with Crippen molar-refractivity contribution in [2.75, 3.05) is 6.61 Å². The number of aliphatic hydroxyl groups is 1. The van der Waals surface area contributed by atoms with Crippen LogP contribution in [0.3, 0.4) is 0 Å². The molecule has 10 nitrogen and oxygen atoms in total. The summed E-state index contributed by atoms with van der Waals surface area (Å²) in [6, 6.07) is -0.615. The number of ether oxygens (including phenoxy) is 1. The Morgan fingerprint density at radius 3 is 3.10 bits per heavy atom. The summed E-state index contributed by atoms with van der Waals surface area (Å²) in [5.74, 6) is 0. The summed E-state index contributed by atoms with van der Waals surface area (Å²) in [5.41, 5.74) is 7.10. The van der Waals surface area contributed by atoms with E-state index in [4.69, 9.17) is 15.5 Å². The lowest BCUT2D eigenvalue weighted by Crippen LogP contribution is -2.33. The maximum Gasteiger partial charge on any atom is 0.330 e. The third-order valence-corrected chi connectivity index (χ3v) is 3.59. The standard InChI is InChI=1S/C10H10N6O4S/c11-4-21-7-2-16(10(19)13-9(7)18)8-1-5(14-15-12)6(3-17)20-8/h2,5-6,8,17H,1,3H2,(H,13,18,19). The van der Waals surface area contributed by atoms with Crippen LogP contribution < -0.4 is 11.2 Å². The van der Waals surface area contributed by atoms with Crippen molar-refractivity contribution in [2.24, 2.45) is 5.11 Å². The Kier molecular flexibility index (Phi) is 4.66. The van der Waals surface area contributed by atoms with Crippen molar-refractivity contribution < 1.29 is 9.84 Å². The number of aliphatic hydroxyl groups excluding tert-OH is 1. The molecule has 0 spiro atoms. The van der Waals surface area contributed by atoms with E-state index in [0.717, 1.165) is 4.57 Å². The molecule has 1 aromatic rings. The minimum Gasteiger partial charge on any atom is -0.394 e. The van der Waals surface area contributed by atoms with Crippen LogP contribution >= 0.6 is 11.8 Å². The normalized spacial score (nSPS) is 24.3. The zero-order chi connectivity index (χ0) is 15.4. The van der Waals surface area contributed by atoms with Crippen LogP contribution in [-0.4, -0.2) is 33.4 Å². The van der Waals surface area contributed by atoms with Gasteiger partial charge in [-0.15, -0.1) is 0 Å². The quantitative estimate of drug-likeness (QED) is 0.263. The van der Waals surface area contributed by atoms with Gasteiger partial charge in [0.1, 0.15) is 16.5 Å². The number of thiocyanates is 1. The Morgan fingerprint density at radius 1 is 1.71 bits per heavy atom. The number of nitriles is 1. The van der Waals surface area contributed by atoms with Crippen molar-refractivity contribution in [1.82, 2.24) is 9.55 Å². The molecule has 21 heavy (non-hydrogen) atoms. The van der Waals surface area contributed by atoms with Gasteiger partial charge in [0.2, 0.25) is 0 Å². The number of hydrogen-bond donors (Lipinski definition) is 2. The smallest absolute Gasteiger partial charge is 0.330 e. The van der Waals surface area contributed by atoms with Crippen LogP contribution in [0.5, 0.6) is 0 Å². The van der Waals surface area contributed by atoms with Crippen molar-refractivity contribution in [3.05, 3.63) is 37.5 Å². The highest BCUT2D eigenvalue weighted by atomic mass is 32.2. The summed E-state index contributed by atoms with van der Waals surface area (Å²) in [6.07, 6.45) is -0.123. The number of thioether (sulfide) groups is 1. The number of H-pyrrole nitrogens is 1. The molecule has 0 bridgehead atoms. The highest BCUT2D eigenvalue weighted by molar-refractivity contribution is 8.03. The summed E-state index contributed by atoms with van der Waals surface area (Å²) in [7, 11) is 0. The summed E-state index contributed by atoms with van der Waals surface area (Å²) in [6.45, 7) is -0.363. The number of aromatic amines is 1. The van der Waals surface area contributed by atoms with Gasteiger partial charge in [-0.3, -0.25) is 14.3 Å². The van der Waals surface area contributed by atoms with Crippen LogP contribution in [0.2, 0.25) is 0 Å². The van der Waals surface area contributed by atoms with Gasteiger partial charge in [-0.1, -0.05) is 5.11 Å². The first kappa shape index (κ1) is 15.1. The minimum atomic E-state index is -0.792. The predicted molar refractivity (Wildman–Crippen MR) is 71.3 cm³/mol. The van der Waals surface area contributed by atoms with Gasteiger partial charge in [-0.05, 0) is 17.3 Å². The Morgan fingerprint density at radius 2 is 2.48 bits per heavy atom. The van der Waals surface area contributed by atoms with Gasteiger partial charge in [-0.25, -0.2) is 4.79 Å². The van der Waals surface area contributed by atoms with Crippen LogP contribution in [0.1, 0.15) is 12.6 Å². The average Bonchev–Trinajstić information content (AvgIpc) is 2.85. The lowest BCUT2D eigenvalue weighted by molar-refractivity contribution is -0.0274. The first-order chi connectivity index (χ1) is 10.1. The van der Waals surface area contributed by atoms with Crippen molar-refractivity contribution >= 4 is 11.8 Å². The van der Waals surface area contributed by atoms with Gasteiger partial charge < -0.3 is 9.84 Å². The van der Waals surface area contributed by atoms with E-state index >= 15 is 0 Å². The molecule has 3 unspecified atom stereocenters. The van der Waals surface area contributed by atoms with E-state index in [9.17, 15) is 14.7 Å². The van der Waals surface area contributed by atoms with Crippen molar-refractivity contribution in [3.63, 3.8) is 0 Å². The summed E-state index contributed by atoms with van der Waals surface area (Å²) in [5, 5.41) is 23.0. The third-order valence-electron chi connectivity index (χ3n) is 2.99. The van der Waals surface area contributed by atoms with E-state index in [1.165, 1.54) is 6.20 Å². The van der Waals surface area contributed by atoms with Crippen LogP contribution in [0.4, 0.5) is 0 Å². The van der Waals surface area contributed by atoms with Crippen molar-refractivity contribution in [1.29, 1.82) is 5.26 Å². The fourth-order valence-electron chi connectivity index (χ4n) is 2.04. The first-order valence-electron chi connectivity index (χ1n) is 5.82. The summed E-state index contributed by atoms with van der Waals surface area (Å²) < 4.78 is 6.56. The molecule has 1 saturated heterocycles. The van der Waals surface area contributed by atoms with Gasteiger partial charge in [0.25, 0.3) is 5.56 Å². The molecule has 0 amide bonds. The fraction of sp³-hybridized carbons (Fsp3) is 0.500. The van der Waals surface area contributed by atoms with Gasteiger partial charge in [0.15, 0.2) is 0 Å². The van der Waals surface area contributed by atoms with Crippen LogP contribution in [0, 0.1) is 10.7 Å². The molecule has 0 saturated carbocycles. The zero-order valence-electron chi connectivity index (χ0n) is 10.5. The molecule has 3 atom stereocenters. The highest BCUT2D eigenvalue weighted by Gasteiger charge is 2.35. The number of nitrogens with one attached hydrogen (secondary N) is 1. The number of aromatic nitrogens is 2. The maximum atomic E-state index is 11.8. The second kappa shape index (κ2) is 6.47. The van der Waals surface area contributed by atoms with Crippen molar-refractivity contribution in [2.45, 2.75) is 29.7 Å². The van der Waals surface area contributed by atoms with Crippen LogP contribution in [0.15, 0.2) is 25.8 Å². The molecule has 1 aliphatic rings. The summed E-state index contributed by atoms with van der Waals surface area (Å²) in [4.78, 5) is 28.1. The second-order valence-electron chi connectivity index (χ2n) is 4.17. The van der Waals surface area contributed by atoms with E-state index in [2.05, 4.69) is 15.0 Å². The maximum absolute atomic E-state index is 11.8. The van der Waals surface area contributed by atoms with Crippen molar-refractivity contribution in [3.8, 4) is 5.40 Å². The predicted octanol–water partition coefficient (Wildman–Crippen LogP) is 0.0685. The number of hydrogen-bond acceptors (Lipinski definition) is 7. The van der Waals surface area contributed by atoms with Crippen LogP contribution in [-0.2, 0) is 4.74 Å². The number of nitrogens with zero attached hydrogens (tertiary/aromatic N) is 5. The number of azide groups is 1. The molecule has 0 aliphatic carbocycles. The van der Waals surface area contributed by atoms with Gasteiger partial charge in [0, 0.05) is 17.5 Å². The third kappa shape index (κ3) is 3.09. The second-order valence-corrected chi connectivity index (χ2v) is 5.00. The Bertz CT molecular complexity index is 730. The first-order valence-corrected chi connectivity index (χ1v) is 6.64. The van der Waals surface area contributed by atoms with E-state index in [0.29, 0.717) is 11.8 Å². The molecular formula is C10H10N6O4S. The molecule has 2 heterocycles. The molecule has 2 rings (SSSR count). The Hall–Kier alpha value is -2.25.